The summed E-state index contributed by atoms with van der Waals surface area (Å²) in [7, 11) is 0. The summed E-state index contributed by atoms with van der Waals surface area (Å²) in [5, 5.41) is 24.1. The molecule has 1 heterocycles. The molecule has 1 aromatic rings. The summed E-state index contributed by atoms with van der Waals surface area (Å²) in [6.45, 7) is 7.68. The van der Waals surface area contributed by atoms with E-state index in [0.29, 0.717) is 19.4 Å². The first kappa shape index (κ1) is 32.2. The zero-order valence-electron chi connectivity index (χ0n) is 24.5. The highest BCUT2D eigenvalue weighted by molar-refractivity contribution is 6.38. The van der Waals surface area contributed by atoms with E-state index in [-0.39, 0.29) is 37.1 Å². The Balaban J connectivity index is 1.75. The summed E-state index contributed by atoms with van der Waals surface area (Å²) in [5.41, 5.74) is 0.110. The number of aliphatic hydroxyl groups is 1. The van der Waals surface area contributed by atoms with Crippen LogP contribution in [0.3, 0.4) is 0 Å². The predicted molar refractivity (Wildman–Crippen MR) is 153 cm³/mol. The minimum Gasteiger partial charge on any atom is -0.378 e. The first-order valence-corrected chi connectivity index (χ1v) is 14.6. The second-order valence-corrected chi connectivity index (χ2v) is 12.2. The Kier molecular flexibility index (Phi) is 11.4. The van der Waals surface area contributed by atoms with Gasteiger partial charge in [0.05, 0.1) is 6.04 Å². The van der Waals surface area contributed by atoms with Gasteiger partial charge in [0.1, 0.15) is 18.3 Å². The summed E-state index contributed by atoms with van der Waals surface area (Å²) in [4.78, 5) is 65.5. The van der Waals surface area contributed by atoms with Crippen LogP contribution in [0.4, 0.5) is 0 Å². The topological polar surface area (TPSA) is 166 Å². The van der Waals surface area contributed by atoms with Crippen molar-refractivity contribution in [2.75, 3.05) is 6.54 Å². The molecule has 1 aliphatic carbocycles. The molecule has 1 saturated heterocycles. The Morgan fingerprint density at radius 1 is 0.927 bits per heavy atom. The molecule has 1 aromatic carbocycles. The van der Waals surface area contributed by atoms with Gasteiger partial charge in [0.25, 0.3) is 5.91 Å². The summed E-state index contributed by atoms with van der Waals surface area (Å²) in [5.74, 6) is -3.28. The van der Waals surface area contributed by atoms with E-state index in [4.69, 9.17) is 0 Å². The first-order chi connectivity index (χ1) is 19.4. The molecule has 1 saturated carbocycles. The van der Waals surface area contributed by atoms with Gasteiger partial charge in [-0.3, -0.25) is 29.3 Å². The lowest BCUT2D eigenvalue weighted by molar-refractivity contribution is -0.141. The van der Waals surface area contributed by atoms with Crippen LogP contribution < -0.4 is 26.6 Å². The molecule has 41 heavy (non-hydrogen) atoms. The van der Waals surface area contributed by atoms with Crippen molar-refractivity contribution in [1.82, 2.24) is 26.6 Å². The fraction of sp³-hybridized carbons (Fsp3) is 0.633. The Labute approximate surface area is 242 Å². The van der Waals surface area contributed by atoms with Crippen molar-refractivity contribution in [2.45, 2.75) is 103 Å². The number of benzene rings is 1. The van der Waals surface area contributed by atoms with E-state index < -0.39 is 53.3 Å². The molecular weight excluding hydrogens is 526 g/mol. The van der Waals surface area contributed by atoms with E-state index in [1.165, 1.54) is 0 Å². The molecule has 0 spiro atoms. The number of Topliss-reactive ketones (excluding diaryl/α,β-unsaturated/α-hetero) is 1. The normalized spacial score (nSPS) is 20.8. The Hall–Kier alpha value is -3.31. The third kappa shape index (κ3) is 9.93. The van der Waals surface area contributed by atoms with Crippen LogP contribution >= 0.6 is 0 Å². The average molecular weight is 572 g/mol. The van der Waals surface area contributed by atoms with Crippen molar-refractivity contribution in [2.24, 2.45) is 11.3 Å². The molecule has 0 radical (unpaired) electrons. The fourth-order valence-corrected chi connectivity index (χ4v) is 4.70. The largest absolute Gasteiger partial charge is 0.378 e. The molecule has 3 rings (SSSR count). The van der Waals surface area contributed by atoms with E-state index >= 15 is 0 Å². The molecule has 1 aliphatic heterocycles. The van der Waals surface area contributed by atoms with Crippen LogP contribution in [0, 0.1) is 11.3 Å². The van der Waals surface area contributed by atoms with Crippen molar-refractivity contribution < 1.29 is 29.1 Å². The van der Waals surface area contributed by atoms with Crippen LogP contribution in [0.25, 0.3) is 0 Å². The molecule has 0 aromatic heterocycles. The van der Waals surface area contributed by atoms with E-state index in [0.717, 1.165) is 18.4 Å². The van der Waals surface area contributed by atoms with Gasteiger partial charge in [0, 0.05) is 23.8 Å². The number of nitrogens with one attached hydrogen (secondary N) is 5. The number of amides is 4. The highest BCUT2D eigenvalue weighted by Gasteiger charge is 2.37. The van der Waals surface area contributed by atoms with Crippen LogP contribution in [0.1, 0.15) is 71.8 Å². The van der Waals surface area contributed by atoms with Crippen molar-refractivity contribution in [3.8, 4) is 0 Å². The summed E-state index contributed by atoms with van der Waals surface area (Å²) < 4.78 is 0. The van der Waals surface area contributed by atoms with E-state index in [2.05, 4.69) is 26.6 Å². The molecule has 6 N–H and O–H groups in total. The lowest BCUT2D eigenvalue weighted by Crippen LogP contribution is -2.58. The van der Waals surface area contributed by atoms with Crippen molar-refractivity contribution in [3.63, 3.8) is 0 Å². The highest BCUT2D eigenvalue weighted by Crippen LogP contribution is 2.22. The zero-order chi connectivity index (χ0) is 30.2. The SMILES string of the molecule is CCC[C@H](NC(=O)[C@@H](Cc1ccccc1)NC(=O)C(C)(C)C)C(=O)N[C@@H](C[C@@H]1CCNC1O)C(=O)C(=O)NC1CC1. The van der Waals surface area contributed by atoms with Gasteiger partial charge in [-0.1, -0.05) is 64.4 Å². The van der Waals surface area contributed by atoms with E-state index in [1.807, 2.05) is 37.3 Å². The molecule has 5 atom stereocenters. The number of carbonyl (C=O) groups is 5. The highest BCUT2D eigenvalue weighted by atomic mass is 16.3. The summed E-state index contributed by atoms with van der Waals surface area (Å²) in [6.07, 6.45) is 2.52. The minimum absolute atomic E-state index is 0.0291. The number of ketones is 1. The molecule has 2 fully saturated rings. The number of carbonyl (C=O) groups excluding carboxylic acids is 5. The maximum absolute atomic E-state index is 13.5. The second-order valence-electron chi connectivity index (χ2n) is 12.2. The maximum atomic E-state index is 13.5. The van der Waals surface area contributed by atoms with Crippen LogP contribution in [0.15, 0.2) is 30.3 Å². The van der Waals surface area contributed by atoms with Gasteiger partial charge in [-0.05, 0) is 44.2 Å². The zero-order valence-corrected chi connectivity index (χ0v) is 24.5. The van der Waals surface area contributed by atoms with Gasteiger partial charge >= 0.3 is 0 Å². The van der Waals surface area contributed by atoms with Gasteiger partial charge in [0.2, 0.25) is 23.5 Å². The van der Waals surface area contributed by atoms with Crippen molar-refractivity contribution in [1.29, 1.82) is 0 Å². The smallest absolute Gasteiger partial charge is 0.289 e. The molecule has 0 bridgehead atoms. The average Bonchev–Trinajstić information content (AvgIpc) is 3.65. The molecule has 11 nitrogen and oxygen atoms in total. The number of hydrogen-bond acceptors (Lipinski definition) is 7. The van der Waals surface area contributed by atoms with E-state index in [9.17, 15) is 29.1 Å². The van der Waals surface area contributed by atoms with Gasteiger partial charge in [-0.15, -0.1) is 0 Å². The number of aliphatic hydroxyl groups excluding tert-OH is 1. The van der Waals surface area contributed by atoms with Gasteiger partial charge < -0.3 is 26.4 Å². The van der Waals surface area contributed by atoms with Crippen molar-refractivity contribution >= 4 is 29.4 Å². The summed E-state index contributed by atoms with van der Waals surface area (Å²) >= 11 is 0. The minimum atomic E-state index is -1.15. The van der Waals surface area contributed by atoms with Gasteiger partial charge in [0.15, 0.2) is 0 Å². The number of hydrogen-bond donors (Lipinski definition) is 6. The summed E-state index contributed by atoms with van der Waals surface area (Å²) in [6, 6.07) is 6.15. The lowest BCUT2D eigenvalue weighted by Gasteiger charge is -2.27. The molecule has 2 aliphatic rings. The van der Waals surface area contributed by atoms with Crippen LogP contribution in [-0.4, -0.2) is 71.5 Å². The van der Waals surface area contributed by atoms with Crippen LogP contribution in [-0.2, 0) is 30.4 Å². The Morgan fingerprint density at radius 2 is 1.56 bits per heavy atom. The second kappa shape index (κ2) is 14.5. The molecule has 11 heteroatoms. The standard InChI is InChI=1S/C30H45N5O6/c1-5-9-21(33-27(39)23(35-29(41)30(2,3)4)16-18-10-7-6-8-11-18)26(38)34-22(17-19-14-15-31-25(19)37)24(36)28(40)32-20-12-13-20/h6-8,10-11,19-23,25,31,37H,5,9,12-17H2,1-4H3,(H,32,40)(H,33,39)(H,34,38)(H,35,41)/t19-,21-,22-,23+,25?/m0/s1. The van der Waals surface area contributed by atoms with Crippen molar-refractivity contribution in [3.05, 3.63) is 35.9 Å². The lowest BCUT2D eigenvalue weighted by atomic mass is 9.94. The van der Waals surface area contributed by atoms with Gasteiger partial charge in [-0.25, -0.2) is 0 Å². The fourth-order valence-electron chi connectivity index (χ4n) is 4.70. The predicted octanol–water partition coefficient (Wildman–Crippen LogP) is 0.695. The molecule has 1 unspecified atom stereocenters. The molecule has 4 amide bonds. The number of rotatable bonds is 14. The van der Waals surface area contributed by atoms with Gasteiger partial charge in [-0.2, -0.15) is 0 Å². The molecule has 226 valence electrons. The monoisotopic (exact) mass is 571 g/mol. The van der Waals surface area contributed by atoms with Crippen LogP contribution in [0.5, 0.6) is 0 Å². The Morgan fingerprint density at radius 3 is 2.12 bits per heavy atom. The van der Waals surface area contributed by atoms with Crippen LogP contribution in [0.2, 0.25) is 0 Å². The third-order valence-corrected chi connectivity index (χ3v) is 7.42. The Bertz CT molecular complexity index is 1080. The van der Waals surface area contributed by atoms with E-state index in [1.54, 1.807) is 20.8 Å². The quantitative estimate of drug-likeness (QED) is 0.179. The maximum Gasteiger partial charge on any atom is 0.289 e. The molecular formula is C30H45N5O6. The first-order valence-electron chi connectivity index (χ1n) is 14.6. The third-order valence-electron chi connectivity index (χ3n) is 7.42.